The van der Waals surface area contributed by atoms with Crippen molar-refractivity contribution in [1.82, 2.24) is 0 Å². The summed E-state index contributed by atoms with van der Waals surface area (Å²) in [7, 11) is 0. The fraction of sp³-hybridized carbons (Fsp3) is 0. The summed E-state index contributed by atoms with van der Waals surface area (Å²) in [5, 5.41) is 0. The Bertz CT molecular complexity index is 1720. The fourth-order valence-corrected chi connectivity index (χ4v) is 4.75. The van der Waals surface area contributed by atoms with E-state index in [1.54, 1.807) is 0 Å². The van der Waals surface area contributed by atoms with E-state index in [0.717, 1.165) is 87.9 Å². The maximum absolute atomic E-state index is 5.76. The molecule has 0 amide bonds. The SMILES string of the molecule is Brc1c(B(c2cc3oc3c3oc23)c2cc3oc3c3oc23)c2oc2c2oc12. The van der Waals surface area contributed by atoms with Crippen molar-refractivity contribution < 1.29 is 26.5 Å². The summed E-state index contributed by atoms with van der Waals surface area (Å²) in [5.41, 5.74) is 13.3. The van der Waals surface area contributed by atoms with E-state index in [-0.39, 0.29) is 6.71 Å². The number of fused-ring (bicyclic) bond motifs is 9. The molecular formula is C18H2BBrO6. The fourth-order valence-electron chi connectivity index (χ4n) is 4.08. The van der Waals surface area contributed by atoms with Crippen molar-refractivity contribution in [2.24, 2.45) is 0 Å². The highest BCUT2D eigenvalue weighted by molar-refractivity contribution is 9.10. The van der Waals surface area contributed by atoms with E-state index in [9.17, 15) is 0 Å². The second kappa shape index (κ2) is 3.10. The van der Waals surface area contributed by atoms with Gasteiger partial charge in [0.1, 0.15) is 0 Å². The molecule has 6 nitrogen and oxygen atoms in total. The quantitative estimate of drug-likeness (QED) is 0.413. The summed E-state index contributed by atoms with van der Waals surface area (Å²) in [4.78, 5) is 0. The molecular weight excluding hydrogens is 403 g/mol. The second-order valence-corrected chi connectivity index (χ2v) is 7.79. The Morgan fingerprint density at radius 1 is 0.538 bits per heavy atom. The highest BCUT2D eigenvalue weighted by Crippen LogP contribution is 2.44. The number of hydrogen-bond acceptors (Lipinski definition) is 6. The van der Waals surface area contributed by atoms with Gasteiger partial charge in [-0.05, 0) is 44.5 Å². The van der Waals surface area contributed by atoms with Crippen molar-refractivity contribution in [2.45, 2.75) is 0 Å². The molecule has 6 heterocycles. The van der Waals surface area contributed by atoms with Crippen LogP contribution in [0.4, 0.5) is 0 Å². The van der Waals surface area contributed by atoms with Crippen LogP contribution < -0.4 is 16.4 Å². The molecule has 0 aliphatic carbocycles. The van der Waals surface area contributed by atoms with Crippen molar-refractivity contribution in [1.29, 1.82) is 0 Å². The molecule has 0 N–H and O–H groups in total. The lowest BCUT2D eigenvalue weighted by molar-refractivity contribution is 0.730. The Balaban J connectivity index is 1.43. The van der Waals surface area contributed by atoms with Crippen LogP contribution in [0.15, 0.2) is 43.1 Å². The van der Waals surface area contributed by atoms with Crippen molar-refractivity contribution in [3.63, 3.8) is 0 Å². The molecule has 120 valence electrons. The first kappa shape index (κ1) is 11.6. The zero-order valence-electron chi connectivity index (χ0n) is 12.6. The van der Waals surface area contributed by atoms with Crippen LogP contribution in [-0.4, -0.2) is 6.71 Å². The smallest absolute Gasteiger partial charge is 0.258 e. The summed E-state index contributed by atoms with van der Waals surface area (Å²) < 4.78 is 34.8. The molecule has 9 rings (SSSR count). The zero-order chi connectivity index (χ0) is 16.5. The molecule has 8 heteroatoms. The Morgan fingerprint density at radius 2 is 1.04 bits per heavy atom. The van der Waals surface area contributed by atoms with Gasteiger partial charge in [0, 0.05) is 0 Å². The van der Waals surface area contributed by atoms with Gasteiger partial charge in [0.05, 0.1) is 4.47 Å². The molecule has 0 fully saturated rings. The van der Waals surface area contributed by atoms with Gasteiger partial charge in [-0.25, -0.2) is 0 Å². The van der Waals surface area contributed by atoms with Gasteiger partial charge in [0.15, 0.2) is 33.5 Å². The summed E-state index contributed by atoms with van der Waals surface area (Å²) in [6, 6.07) is 4.08. The Hall–Kier alpha value is -3.00. The summed E-state index contributed by atoms with van der Waals surface area (Å²) in [5.74, 6) is 0. The van der Waals surface area contributed by atoms with Gasteiger partial charge in [0.25, 0.3) is 6.71 Å². The predicted molar refractivity (Wildman–Crippen MR) is 97.4 cm³/mol. The molecule has 26 heavy (non-hydrogen) atoms. The minimum absolute atomic E-state index is 0.133. The van der Waals surface area contributed by atoms with Crippen molar-refractivity contribution >= 4 is 106 Å². The molecule has 9 aromatic rings. The minimum atomic E-state index is -0.133. The minimum Gasteiger partial charge on any atom is -0.446 e. The van der Waals surface area contributed by atoms with E-state index >= 15 is 0 Å². The van der Waals surface area contributed by atoms with Crippen molar-refractivity contribution in [2.75, 3.05) is 0 Å². The molecule has 0 atom stereocenters. The third kappa shape index (κ3) is 1.16. The van der Waals surface area contributed by atoms with Gasteiger partial charge in [0.2, 0.25) is 33.5 Å². The molecule has 0 saturated heterocycles. The zero-order valence-corrected chi connectivity index (χ0v) is 14.1. The molecule has 0 unspecified atom stereocenters. The van der Waals surface area contributed by atoms with Crippen LogP contribution in [0.2, 0.25) is 0 Å². The highest BCUT2D eigenvalue weighted by Gasteiger charge is 2.43. The van der Waals surface area contributed by atoms with E-state index in [0.29, 0.717) is 0 Å². The van der Waals surface area contributed by atoms with Gasteiger partial charge in [-0.15, -0.1) is 0 Å². The predicted octanol–water partition coefficient (Wildman–Crippen LogP) is 4.07. The molecule has 0 spiro atoms. The van der Waals surface area contributed by atoms with Crippen LogP contribution in [-0.2, 0) is 0 Å². The first-order chi connectivity index (χ1) is 12.8. The molecule has 0 radical (unpaired) electrons. The van der Waals surface area contributed by atoms with E-state index in [1.807, 2.05) is 12.1 Å². The van der Waals surface area contributed by atoms with Gasteiger partial charge < -0.3 is 26.5 Å². The lowest BCUT2D eigenvalue weighted by Crippen LogP contribution is -2.52. The lowest BCUT2D eigenvalue weighted by atomic mass is 9.36. The third-order valence-corrected chi connectivity index (χ3v) is 6.36. The van der Waals surface area contributed by atoms with E-state index < -0.39 is 0 Å². The maximum Gasteiger partial charge on any atom is 0.258 e. The topological polar surface area (TPSA) is 78.8 Å². The monoisotopic (exact) mass is 404 g/mol. The van der Waals surface area contributed by atoms with Crippen LogP contribution in [0.3, 0.4) is 0 Å². The molecule has 0 saturated carbocycles. The highest BCUT2D eigenvalue weighted by atomic mass is 79.9. The Labute approximate surface area is 149 Å². The molecule has 0 aliphatic heterocycles. The maximum atomic E-state index is 5.76. The van der Waals surface area contributed by atoms with E-state index in [4.69, 9.17) is 26.5 Å². The normalized spacial score (nSPS) is 14.3. The van der Waals surface area contributed by atoms with Crippen LogP contribution >= 0.6 is 15.9 Å². The molecule has 0 aliphatic rings. The number of benzene rings is 3. The largest absolute Gasteiger partial charge is 0.446 e. The van der Waals surface area contributed by atoms with E-state index in [2.05, 4.69) is 15.9 Å². The Kier molecular flexibility index (Phi) is 1.38. The van der Waals surface area contributed by atoms with Crippen LogP contribution in [0, 0.1) is 0 Å². The summed E-state index contributed by atoms with van der Waals surface area (Å²) in [6.45, 7) is -0.133. The average molecular weight is 405 g/mol. The molecule has 3 aromatic carbocycles. The third-order valence-electron chi connectivity index (χ3n) is 5.57. The second-order valence-electron chi connectivity index (χ2n) is 6.99. The van der Waals surface area contributed by atoms with Gasteiger partial charge in [-0.1, -0.05) is 0 Å². The summed E-state index contributed by atoms with van der Waals surface area (Å²) >= 11 is 3.71. The number of halogens is 1. The standard InChI is InChI=1S/C18H2BBrO6/c20-8-7(13-17(25-13)18-14(8)26-18)19(3-1-5-11(21-5)15-9(3)23-15)4-2-6-12(22-6)16-10(4)24-16/h1-2H. The van der Waals surface area contributed by atoms with Crippen LogP contribution in [0.5, 0.6) is 0 Å². The van der Waals surface area contributed by atoms with Crippen LogP contribution in [0.1, 0.15) is 0 Å². The van der Waals surface area contributed by atoms with Gasteiger partial charge in [-0.2, -0.15) is 0 Å². The number of rotatable bonds is 3. The first-order valence-electron chi connectivity index (χ1n) is 8.16. The Morgan fingerprint density at radius 3 is 1.69 bits per heavy atom. The van der Waals surface area contributed by atoms with E-state index in [1.165, 1.54) is 0 Å². The average Bonchev–Trinajstić information content (AvgIpc) is 3.40. The van der Waals surface area contributed by atoms with Crippen LogP contribution in [0.25, 0.3) is 67.0 Å². The van der Waals surface area contributed by atoms with Gasteiger partial charge in [-0.3, -0.25) is 0 Å². The lowest BCUT2D eigenvalue weighted by Gasteiger charge is -2.10. The van der Waals surface area contributed by atoms with Gasteiger partial charge >= 0.3 is 0 Å². The first-order valence-corrected chi connectivity index (χ1v) is 8.95. The van der Waals surface area contributed by atoms with Crippen molar-refractivity contribution in [3.8, 4) is 0 Å². The number of hydrogen-bond donors (Lipinski definition) is 0. The summed E-state index contributed by atoms with van der Waals surface area (Å²) in [6.07, 6.45) is 0. The molecule has 0 bridgehead atoms. The molecule has 6 aromatic heterocycles. The van der Waals surface area contributed by atoms with Crippen molar-refractivity contribution in [3.05, 3.63) is 16.6 Å².